The minimum absolute atomic E-state index is 0.106. The fraction of sp³-hybridized carbons (Fsp3) is 0.750. The van der Waals surface area contributed by atoms with Crippen LogP contribution in [0.3, 0.4) is 0 Å². The Labute approximate surface area is 131 Å². The van der Waals surface area contributed by atoms with E-state index in [-0.39, 0.29) is 5.91 Å². The van der Waals surface area contributed by atoms with Gasteiger partial charge in [-0.25, -0.2) is 0 Å². The first-order chi connectivity index (χ1) is 10.8. The molecule has 1 amide bonds. The van der Waals surface area contributed by atoms with Crippen LogP contribution in [0.25, 0.3) is 0 Å². The standard InChI is InChI=1S/C16H25N3O3/c1-21-9-8-19-7-6-12(11-19)10-17-16(20)15-13-4-2-3-5-14(13)18-22-15/h12H,2-11H2,1H3,(H,17,20)/t12-/m0/s1. The van der Waals surface area contributed by atoms with Gasteiger partial charge < -0.3 is 19.5 Å². The van der Waals surface area contributed by atoms with E-state index in [0.717, 1.165) is 69.6 Å². The predicted octanol–water partition coefficient (Wildman–Crippen LogP) is 1.25. The highest BCUT2D eigenvalue weighted by molar-refractivity contribution is 5.93. The number of rotatable bonds is 6. The Bertz CT molecular complexity index is 515. The molecule has 1 aliphatic heterocycles. The first-order valence-corrected chi connectivity index (χ1v) is 8.25. The Kier molecular flexibility index (Phi) is 5.10. The van der Waals surface area contributed by atoms with Gasteiger partial charge in [-0.05, 0) is 44.6 Å². The number of hydrogen-bond acceptors (Lipinski definition) is 5. The molecule has 0 bridgehead atoms. The lowest BCUT2D eigenvalue weighted by atomic mass is 9.96. The molecule has 1 saturated heterocycles. The van der Waals surface area contributed by atoms with Gasteiger partial charge in [-0.3, -0.25) is 4.79 Å². The van der Waals surface area contributed by atoms with Crippen molar-refractivity contribution in [3.05, 3.63) is 17.0 Å². The van der Waals surface area contributed by atoms with Crippen LogP contribution in [0, 0.1) is 5.92 Å². The summed E-state index contributed by atoms with van der Waals surface area (Å²) in [5, 5.41) is 7.07. The second kappa shape index (κ2) is 7.24. The van der Waals surface area contributed by atoms with Gasteiger partial charge in [0.05, 0.1) is 12.3 Å². The van der Waals surface area contributed by atoms with E-state index in [1.54, 1.807) is 7.11 Å². The first kappa shape index (κ1) is 15.5. The zero-order valence-corrected chi connectivity index (χ0v) is 13.3. The second-order valence-corrected chi connectivity index (χ2v) is 6.30. The van der Waals surface area contributed by atoms with Crippen molar-refractivity contribution in [2.45, 2.75) is 32.1 Å². The van der Waals surface area contributed by atoms with Crippen LogP contribution in [0.1, 0.15) is 41.1 Å². The van der Waals surface area contributed by atoms with Crippen LogP contribution in [0.4, 0.5) is 0 Å². The molecule has 0 saturated carbocycles. The summed E-state index contributed by atoms with van der Waals surface area (Å²) in [4.78, 5) is 14.7. The van der Waals surface area contributed by atoms with Crippen molar-refractivity contribution in [2.24, 2.45) is 5.92 Å². The number of ether oxygens (including phenoxy) is 1. The Morgan fingerprint density at radius 1 is 1.45 bits per heavy atom. The third-order valence-corrected chi connectivity index (χ3v) is 4.70. The fourth-order valence-corrected chi connectivity index (χ4v) is 3.39. The monoisotopic (exact) mass is 307 g/mol. The van der Waals surface area contributed by atoms with E-state index in [0.29, 0.717) is 18.2 Å². The van der Waals surface area contributed by atoms with Crippen molar-refractivity contribution in [3.8, 4) is 0 Å². The zero-order valence-electron chi connectivity index (χ0n) is 13.3. The van der Waals surface area contributed by atoms with Gasteiger partial charge in [0.1, 0.15) is 0 Å². The fourth-order valence-electron chi connectivity index (χ4n) is 3.39. The molecule has 1 fully saturated rings. The van der Waals surface area contributed by atoms with Crippen LogP contribution in [0.2, 0.25) is 0 Å². The Morgan fingerprint density at radius 2 is 2.32 bits per heavy atom. The molecule has 6 nitrogen and oxygen atoms in total. The van der Waals surface area contributed by atoms with Gasteiger partial charge in [-0.15, -0.1) is 0 Å². The van der Waals surface area contributed by atoms with E-state index in [4.69, 9.17) is 9.26 Å². The summed E-state index contributed by atoms with van der Waals surface area (Å²) in [7, 11) is 1.73. The molecular formula is C16H25N3O3. The molecule has 1 N–H and O–H groups in total. The molecule has 2 heterocycles. The lowest BCUT2D eigenvalue weighted by Gasteiger charge is -2.15. The van der Waals surface area contributed by atoms with Crippen LogP contribution in [0.15, 0.2) is 4.52 Å². The summed E-state index contributed by atoms with van der Waals surface area (Å²) >= 11 is 0. The van der Waals surface area contributed by atoms with E-state index in [1.165, 1.54) is 0 Å². The van der Waals surface area contributed by atoms with Crippen LogP contribution in [0.5, 0.6) is 0 Å². The van der Waals surface area contributed by atoms with E-state index < -0.39 is 0 Å². The average molecular weight is 307 g/mol. The summed E-state index contributed by atoms with van der Waals surface area (Å²) in [5.74, 6) is 0.842. The molecule has 1 aromatic rings. The number of methoxy groups -OCH3 is 1. The summed E-state index contributed by atoms with van der Waals surface area (Å²) in [6, 6.07) is 0. The van der Waals surface area contributed by atoms with Crippen molar-refractivity contribution >= 4 is 5.91 Å². The number of hydrogen-bond donors (Lipinski definition) is 1. The van der Waals surface area contributed by atoms with Crippen LogP contribution >= 0.6 is 0 Å². The average Bonchev–Trinajstić information content (AvgIpc) is 3.17. The number of fused-ring (bicyclic) bond motifs is 1. The highest BCUT2D eigenvalue weighted by Crippen LogP contribution is 2.24. The van der Waals surface area contributed by atoms with Gasteiger partial charge >= 0.3 is 0 Å². The molecule has 1 aliphatic carbocycles. The maximum absolute atomic E-state index is 12.3. The number of aromatic nitrogens is 1. The number of aryl methyl sites for hydroxylation is 1. The zero-order chi connectivity index (χ0) is 15.4. The molecule has 6 heteroatoms. The summed E-state index contributed by atoms with van der Waals surface area (Å²) in [6.45, 7) is 4.55. The van der Waals surface area contributed by atoms with Gasteiger partial charge in [0.15, 0.2) is 0 Å². The Morgan fingerprint density at radius 3 is 3.18 bits per heavy atom. The Balaban J connectivity index is 1.48. The van der Waals surface area contributed by atoms with Crippen LogP contribution < -0.4 is 5.32 Å². The van der Waals surface area contributed by atoms with Crippen molar-refractivity contribution < 1.29 is 14.1 Å². The number of amides is 1. The number of carbonyl (C=O) groups excluding carboxylic acids is 1. The topological polar surface area (TPSA) is 67.6 Å². The molecule has 0 radical (unpaired) electrons. The number of likely N-dealkylation sites (tertiary alicyclic amines) is 1. The third kappa shape index (κ3) is 3.50. The molecule has 1 atom stereocenters. The molecular weight excluding hydrogens is 282 g/mol. The Hall–Kier alpha value is -1.40. The molecule has 122 valence electrons. The number of nitrogens with one attached hydrogen (secondary N) is 1. The van der Waals surface area contributed by atoms with Crippen LogP contribution in [-0.4, -0.2) is 55.9 Å². The van der Waals surface area contributed by atoms with Crippen molar-refractivity contribution in [1.29, 1.82) is 0 Å². The van der Waals surface area contributed by atoms with Crippen molar-refractivity contribution in [2.75, 3.05) is 39.9 Å². The molecule has 1 aromatic heterocycles. The van der Waals surface area contributed by atoms with E-state index in [2.05, 4.69) is 15.4 Å². The molecule has 22 heavy (non-hydrogen) atoms. The summed E-state index contributed by atoms with van der Waals surface area (Å²) in [5.41, 5.74) is 2.00. The highest BCUT2D eigenvalue weighted by Gasteiger charge is 2.26. The molecule has 0 aromatic carbocycles. The largest absolute Gasteiger partial charge is 0.383 e. The van der Waals surface area contributed by atoms with E-state index >= 15 is 0 Å². The lowest BCUT2D eigenvalue weighted by Crippen LogP contribution is -2.32. The quantitative estimate of drug-likeness (QED) is 0.857. The van der Waals surface area contributed by atoms with Gasteiger partial charge in [-0.2, -0.15) is 0 Å². The maximum Gasteiger partial charge on any atom is 0.290 e. The van der Waals surface area contributed by atoms with Gasteiger partial charge in [-0.1, -0.05) is 5.16 Å². The minimum Gasteiger partial charge on any atom is -0.383 e. The molecule has 2 aliphatic rings. The number of nitrogens with zero attached hydrogens (tertiary/aromatic N) is 2. The summed E-state index contributed by atoms with van der Waals surface area (Å²) < 4.78 is 10.4. The lowest BCUT2D eigenvalue weighted by molar-refractivity contribution is 0.0908. The van der Waals surface area contributed by atoms with E-state index in [1.807, 2.05) is 0 Å². The van der Waals surface area contributed by atoms with Crippen molar-refractivity contribution in [1.82, 2.24) is 15.4 Å². The third-order valence-electron chi connectivity index (χ3n) is 4.70. The van der Waals surface area contributed by atoms with Crippen molar-refractivity contribution in [3.63, 3.8) is 0 Å². The van der Waals surface area contributed by atoms with Gasteiger partial charge in [0.2, 0.25) is 5.76 Å². The molecule has 0 unspecified atom stereocenters. The normalized spacial score (nSPS) is 21.8. The smallest absolute Gasteiger partial charge is 0.290 e. The van der Waals surface area contributed by atoms with E-state index in [9.17, 15) is 4.79 Å². The minimum atomic E-state index is -0.106. The SMILES string of the molecule is COCCN1CC[C@@H](CNC(=O)c2onc3c2CCCC3)C1. The summed E-state index contributed by atoms with van der Waals surface area (Å²) in [6.07, 6.45) is 5.23. The predicted molar refractivity (Wildman–Crippen MR) is 81.9 cm³/mol. The highest BCUT2D eigenvalue weighted by atomic mass is 16.5. The van der Waals surface area contributed by atoms with Gasteiger partial charge in [0.25, 0.3) is 5.91 Å². The molecule has 3 rings (SSSR count). The maximum atomic E-state index is 12.3. The first-order valence-electron chi connectivity index (χ1n) is 8.25. The molecule has 0 spiro atoms. The number of carbonyl (C=O) groups is 1. The van der Waals surface area contributed by atoms with Gasteiger partial charge in [0, 0.05) is 32.3 Å². The second-order valence-electron chi connectivity index (χ2n) is 6.30. The van der Waals surface area contributed by atoms with Crippen LogP contribution in [-0.2, 0) is 17.6 Å².